The van der Waals surface area contributed by atoms with Crippen molar-refractivity contribution in [1.29, 1.82) is 0 Å². The summed E-state index contributed by atoms with van der Waals surface area (Å²) in [5, 5.41) is 0. The van der Waals surface area contributed by atoms with E-state index in [9.17, 15) is 9.59 Å². The van der Waals surface area contributed by atoms with Crippen LogP contribution in [0.5, 0.6) is 0 Å². The fourth-order valence-electron chi connectivity index (χ4n) is 3.40. The molecule has 1 aromatic rings. The second kappa shape index (κ2) is 7.87. The first-order valence-electron chi connectivity index (χ1n) is 9.03. The summed E-state index contributed by atoms with van der Waals surface area (Å²) >= 11 is 0. The first-order valence-corrected chi connectivity index (χ1v) is 9.03. The van der Waals surface area contributed by atoms with Crippen molar-refractivity contribution in [2.75, 3.05) is 51.8 Å². The maximum Gasteiger partial charge on any atom is 0.253 e. The zero-order valence-electron chi connectivity index (χ0n) is 15.1. The third-order valence-corrected chi connectivity index (χ3v) is 4.93. The number of hydrogen-bond acceptors (Lipinski definition) is 4. The van der Waals surface area contributed by atoms with Gasteiger partial charge in [0.05, 0.1) is 0 Å². The number of carbonyl (C=O) groups is 2. The standard InChI is InChI=1S/C19H27N3O3/c1-20(2)16-8-6-15(7-9-16)18(23)21-10-4-11-22(13-12-21)19(24)17-5-3-14-25-17/h6-9,17H,3-5,10-14H2,1-2H3. The number of hydrogen-bond donors (Lipinski definition) is 0. The van der Waals surface area contributed by atoms with Gasteiger partial charge in [0.1, 0.15) is 6.10 Å². The summed E-state index contributed by atoms with van der Waals surface area (Å²) in [5.41, 5.74) is 1.77. The molecule has 136 valence electrons. The summed E-state index contributed by atoms with van der Waals surface area (Å²) in [6.45, 7) is 3.22. The van der Waals surface area contributed by atoms with Gasteiger partial charge in [0.15, 0.2) is 0 Å². The largest absolute Gasteiger partial charge is 0.378 e. The highest BCUT2D eigenvalue weighted by Crippen LogP contribution is 2.18. The fourth-order valence-corrected chi connectivity index (χ4v) is 3.40. The van der Waals surface area contributed by atoms with E-state index in [0.29, 0.717) is 38.3 Å². The van der Waals surface area contributed by atoms with Gasteiger partial charge in [0.25, 0.3) is 11.8 Å². The van der Waals surface area contributed by atoms with E-state index in [4.69, 9.17) is 4.74 Å². The third kappa shape index (κ3) is 4.12. The first-order chi connectivity index (χ1) is 12.1. The van der Waals surface area contributed by atoms with E-state index >= 15 is 0 Å². The van der Waals surface area contributed by atoms with Gasteiger partial charge in [0, 0.05) is 58.1 Å². The molecule has 0 saturated carbocycles. The minimum Gasteiger partial charge on any atom is -0.378 e. The molecule has 0 N–H and O–H groups in total. The molecular formula is C19H27N3O3. The predicted octanol–water partition coefficient (Wildman–Crippen LogP) is 1.61. The molecule has 6 heteroatoms. The van der Waals surface area contributed by atoms with Crippen molar-refractivity contribution >= 4 is 17.5 Å². The van der Waals surface area contributed by atoms with Crippen LogP contribution in [-0.4, -0.2) is 74.6 Å². The van der Waals surface area contributed by atoms with Gasteiger partial charge in [0.2, 0.25) is 0 Å². The van der Waals surface area contributed by atoms with Crippen LogP contribution in [0.1, 0.15) is 29.6 Å². The van der Waals surface area contributed by atoms with Crippen molar-refractivity contribution in [2.24, 2.45) is 0 Å². The molecule has 0 radical (unpaired) electrons. The zero-order chi connectivity index (χ0) is 17.8. The Kier molecular flexibility index (Phi) is 5.58. The van der Waals surface area contributed by atoms with Gasteiger partial charge in [-0.3, -0.25) is 9.59 Å². The normalized spacial score (nSPS) is 21.1. The van der Waals surface area contributed by atoms with Crippen molar-refractivity contribution in [1.82, 2.24) is 9.80 Å². The highest BCUT2D eigenvalue weighted by atomic mass is 16.5. The molecule has 1 unspecified atom stereocenters. The highest BCUT2D eigenvalue weighted by molar-refractivity contribution is 5.94. The lowest BCUT2D eigenvalue weighted by molar-refractivity contribution is -0.140. The van der Waals surface area contributed by atoms with Gasteiger partial charge in [-0.15, -0.1) is 0 Å². The molecule has 25 heavy (non-hydrogen) atoms. The quantitative estimate of drug-likeness (QED) is 0.835. The Morgan fingerprint density at radius 1 is 1.00 bits per heavy atom. The minimum atomic E-state index is -0.277. The monoisotopic (exact) mass is 345 g/mol. The summed E-state index contributed by atoms with van der Waals surface area (Å²) < 4.78 is 5.51. The topological polar surface area (TPSA) is 53.1 Å². The van der Waals surface area contributed by atoms with Gasteiger partial charge in [-0.25, -0.2) is 0 Å². The summed E-state index contributed by atoms with van der Waals surface area (Å²) in [7, 11) is 3.95. The maximum atomic E-state index is 12.8. The molecule has 2 amide bonds. The summed E-state index contributed by atoms with van der Waals surface area (Å²) in [5.74, 6) is 0.124. The lowest BCUT2D eigenvalue weighted by atomic mass is 10.1. The van der Waals surface area contributed by atoms with Crippen molar-refractivity contribution in [2.45, 2.75) is 25.4 Å². The van der Waals surface area contributed by atoms with Crippen LogP contribution in [0, 0.1) is 0 Å². The molecule has 2 fully saturated rings. The number of benzene rings is 1. The molecule has 3 rings (SSSR count). The summed E-state index contributed by atoms with van der Waals surface area (Å²) in [6.07, 6.45) is 2.30. The predicted molar refractivity (Wildman–Crippen MR) is 96.8 cm³/mol. The van der Waals surface area contributed by atoms with Gasteiger partial charge in [-0.1, -0.05) is 0 Å². The Morgan fingerprint density at radius 3 is 2.32 bits per heavy atom. The molecule has 2 heterocycles. The van der Waals surface area contributed by atoms with E-state index in [0.717, 1.165) is 24.9 Å². The number of amides is 2. The van der Waals surface area contributed by atoms with Crippen LogP contribution in [0.15, 0.2) is 24.3 Å². The molecule has 0 aromatic heterocycles. The van der Waals surface area contributed by atoms with Gasteiger partial charge in [-0.2, -0.15) is 0 Å². The number of carbonyl (C=O) groups excluding carboxylic acids is 2. The van der Waals surface area contributed by atoms with E-state index in [-0.39, 0.29) is 17.9 Å². The summed E-state index contributed by atoms with van der Waals surface area (Å²) in [4.78, 5) is 31.0. The molecule has 2 aliphatic heterocycles. The zero-order valence-corrected chi connectivity index (χ0v) is 15.1. The Bertz CT molecular complexity index is 609. The van der Waals surface area contributed by atoms with Crippen molar-refractivity contribution < 1.29 is 14.3 Å². The van der Waals surface area contributed by atoms with Crippen LogP contribution < -0.4 is 4.90 Å². The average molecular weight is 345 g/mol. The molecule has 0 spiro atoms. The second-order valence-electron chi connectivity index (χ2n) is 6.91. The number of rotatable bonds is 3. The number of anilines is 1. The summed E-state index contributed by atoms with van der Waals surface area (Å²) in [6, 6.07) is 7.66. The van der Waals surface area contributed by atoms with Crippen LogP contribution in [0.4, 0.5) is 5.69 Å². The van der Waals surface area contributed by atoms with Gasteiger partial charge in [-0.05, 0) is 43.5 Å². The molecule has 2 aliphatic rings. The second-order valence-corrected chi connectivity index (χ2v) is 6.91. The molecule has 1 aromatic carbocycles. The van der Waals surface area contributed by atoms with Gasteiger partial charge < -0.3 is 19.4 Å². The lowest BCUT2D eigenvalue weighted by Crippen LogP contribution is -2.41. The highest BCUT2D eigenvalue weighted by Gasteiger charge is 2.30. The van der Waals surface area contributed by atoms with E-state index in [2.05, 4.69) is 0 Å². The molecule has 0 bridgehead atoms. The van der Waals surface area contributed by atoms with Crippen molar-refractivity contribution in [3.8, 4) is 0 Å². The minimum absolute atomic E-state index is 0.0386. The number of nitrogens with zero attached hydrogens (tertiary/aromatic N) is 3. The average Bonchev–Trinajstić information content (AvgIpc) is 3.05. The molecular weight excluding hydrogens is 318 g/mol. The van der Waals surface area contributed by atoms with Crippen molar-refractivity contribution in [3.05, 3.63) is 29.8 Å². The lowest BCUT2D eigenvalue weighted by Gasteiger charge is -2.24. The van der Waals surface area contributed by atoms with E-state index in [1.54, 1.807) is 0 Å². The Morgan fingerprint density at radius 2 is 1.68 bits per heavy atom. The Hall–Kier alpha value is -2.08. The van der Waals surface area contributed by atoms with Crippen LogP contribution in [-0.2, 0) is 9.53 Å². The maximum absolute atomic E-state index is 12.8. The van der Waals surface area contributed by atoms with Gasteiger partial charge >= 0.3 is 0 Å². The van der Waals surface area contributed by atoms with Crippen LogP contribution >= 0.6 is 0 Å². The molecule has 1 atom stereocenters. The third-order valence-electron chi connectivity index (χ3n) is 4.93. The molecule has 0 aliphatic carbocycles. The fraction of sp³-hybridized carbons (Fsp3) is 0.579. The number of ether oxygens (including phenoxy) is 1. The van der Waals surface area contributed by atoms with E-state index < -0.39 is 0 Å². The van der Waals surface area contributed by atoms with Crippen LogP contribution in [0.2, 0.25) is 0 Å². The van der Waals surface area contributed by atoms with E-state index in [1.165, 1.54) is 0 Å². The van der Waals surface area contributed by atoms with Crippen LogP contribution in [0.25, 0.3) is 0 Å². The smallest absolute Gasteiger partial charge is 0.253 e. The molecule has 2 saturated heterocycles. The first kappa shape index (κ1) is 17.7. The van der Waals surface area contributed by atoms with Crippen molar-refractivity contribution in [3.63, 3.8) is 0 Å². The Balaban J connectivity index is 1.60. The SMILES string of the molecule is CN(C)c1ccc(C(=O)N2CCCN(C(=O)C3CCCO3)CC2)cc1. The Labute approximate surface area is 149 Å². The van der Waals surface area contributed by atoms with E-state index in [1.807, 2.05) is 53.1 Å². The molecule has 6 nitrogen and oxygen atoms in total. The van der Waals surface area contributed by atoms with Crippen LogP contribution in [0.3, 0.4) is 0 Å².